The number of nitrogens with zero attached hydrogens (tertiary/aromatic N) is 3. The van der Waals surface area contributed by atoms with Gasteiger partial charge in [-0.15, -0.1) is 0 Å². The Morgan fingerprint density at radius 1 is 1.03 bits per heavy atom. The van der Waals surface area contributed by atoms with Gasteiger partial charge in [-0.1, -0.05) is 29.8 Å². The highest BCUT2D eigenvalue weighted by atomic mass is 35.5. The number of nitrogens with one attached hydrogen (secondary N) is 1. The first-order valence-electron chi connectivity index (χ1n) is 12.8. The first-order chi connectivity index (χ1) is 18.5. The Kier molecular flexibility index (Phi) is 5.39. The van der Waals surface area contributed by atoms with Crippen LogP contribution in [0.15, 0.2) is 73.2 Å². The Labute approximate surface area is 224 Å². The molecule has 190 valence electrons. The summed E-state index contributed by atoms with van der Waals surface area (Å²) in [6.07, 6.45) is 6.09. The van der Waals surface area contributed by atoms with E-state index >= 15 is 0 Å². The fourth-order valence-corrected chi connectivity index (χ4v) is 6.18. The molecular formula is C30H25ClN4O3. The van der Waals surface area contributed by atoms with Crippen LogP contribution in [0.2, 0.25) is 5.02 Å². The van der Waals surface area contributed by atoms with Crippen LogP contribution in [0.5, 0.6) is 5.75 Å². The highest BCUT2D eigenvalue weighted by Crippen LogP contribution is 2.44. The number of H-pyrrole nitrogens is 1. The Morgan fingerprint density at radius 3 is 2.76 bits per heavy atom. The quantitative estimate of drug-likeness (QED) is 0.336. The largest absolute Gasteiger partial charge is 0.479 e. The van der Waals surface area contributed by atoms with Crippen molar-refractivity contribution < 1.29 is 14.6 Å². The normalized spacial score (nSPS) is 18.5. The van der Waals surface area contributed by atoms with Crippen molar-refractivity contribution in [3.8, 4) is 16.9 Å². The molecule has 3 aromatic heterocycles. The molecular weight excluding hydrogens is 500 g/mol. The highest BCUT2D eigenvalue weighted by Gasteiger charge is 2.40. The van der Waals surface area contributed by atoms with Crippen LogP contribution in [0, 0.1) is 0 Å². The molecule has 0 unspecified atom stereocenters. The predicted molar refractivity (Wildman–Crippen MR) is 146 cm³/mol. The van der Waals surface area contributed by atoms with Crippen molar-refractivity contribution in [1.29, 1.82) is 0 Å². The van der Waals surface area contributed by atoms with Gasteiger partial charge in [0.2, 0.25) is 0 Å². The Bertz CT molecular complexity index is 1700. The molecule has 7 nitrogen and oxygen atoms in total. The molecule has 2 N–H and O–H groups in total. The number of hydrogen-bond acceptors (Lipinski definition) is 5. The maximum absolute atomic E-state index is 13.6. The lowest BCUT2D eigenvalue weighted by Crippen LogP contribution is -2.49. The number of aromatic nitrogens is 3. The zero-order chi connectivity index (χ0) is 25.9. The van der Waals surface area contributed by atoms with Crippen LogP contribution < -0.4 is 4.74 Å². The van der Waals surface area contributed by atoms with E-state index in [1.807, 2.05) is 65.7 Å². The molecule has 38 heavy (non-hydrogen) atoms. The van der Waals surface area contributed by atoms with Gasteiger partial charge in [0.1, 0.15) is 11.4 Å². The van der Waals surface area contributed by atoms with E-state index < -0.39 is 11.7 Å². The molecule has 1 amide bonds. The number of hydrogen-bond donors (Lipinski definition) is 2. The standard InChI is InChI=1S/C30H25ClN4O3/c31-19-15-18-16-26(38-27(18)23(17-19)20-6-11-33-28-21(20)7-12-34-28)29(36)35-13-8-30(37,9-14-35)24-4-1-5-25-22(24)3-2-10-32-25/h1-7,10-12,15,17,26,37H,8-9,13-14,16H2,(H,33,34)/t26-/m0/s1. The van der Waals surface area contributed by atoms with Crippen molar-refractivity contribution >= 4 is 39.4 Å². The number of halogens is 1. The van der Waals surface area contributed by atoms with Crippen molar-refractivity contribution in [2.24, 2.45) is 0 Å². The van der Waals surface area contributed by atoms with Crippen molar-refractivity contribution in [1.82, 2.24) is 19.9 Å². The Hall–Kier alpha value is -3.94. The van der Waals surface area contributed by atoms with E-state index in [1.165, 1.54) is 0 Å². The first-order valence-corrected chi connectivity index (χ1v) is 13.1. The summed E-state index contributed by atoms with van der Waals surface area (Å²) in [6.45, 7) is 0.897. The molecule has 5 aromatic rings. The smallest absolute Gasteiger partial charge is 0.263 e. The van der Waals surface area contributed by atoms with Gasteiger partial charge in [0.15, 0.2) is 6.10 Å². The van der Waals surface area contributed by atoms with Crippen LogP contribution >= 0.6 is 11.6 Å². The molecule has 1 fully saturated rings. The second-order valence-electron chi connectivity index (χ2n) is 10.1. The fraction of sp³-hybridized carbons (Fsp3) is 0.233. The number of carbonyl (C=O) groups is 1. The molecule has 2 aliphatic heterocycles. The first kappa shape index (κ1) is 23.2. The molecule has 1 saturated heterocycles. The second kappa shape index (κ2) is 8.82. The maximum Gasteiger partial charge on any atom is 0.263 e. The summed E-state index contributed by atoms with van der Waals surface area (Å²) in [5.41, 5.74) is 4.22. The summed E-state index contributed by atoms with van der Waals surface area (Å²) in [6, 6.07) is 17.4. The van der Waals surface area contributed by atoms with Gasteiger partial charge in [0, 0.05) is 65.0 Å². The topological polar surface area (TPSA) is 91.3 Å². The van der Waals surface area contributed by atoms with Crippen LogP contribution in [0.25, 0.3) is 33.1 Å². The molecule has 2 aliphatic rings. The minimum Gasteiger partial charge on any atom is -0.479 e. The van der Waals surface area contributed by atoms with Crippen LogP contribution in [0.4, 0.5) is 0 Å². The molecule has 7 rings (SSSR count). The third kappa shape index (κ3) is 3.73. The van der Waals surface area contributed by atoms with Crippen LogP contribution in [-0.4, -0.2) is 50.1 Å². The number of aromatic amines is 1. The Balaban J connectivity index is 1.12. The van der Waals surface area contributed by atoms with Gasteiger partial charge < -0.3 is 19.7 Å². The van der Waals surface area contributed by atoms with Crippen LogP contribution in [0.3, 0.4) is 0 Å². The number of carbonyl (C=O) groups excluding carboxylic acids is 1. The fourth-order valence-electron chi connectivity index (χ4n) is 5.94. The third-order valence-electron chi connectivity index (χ3n) is 7.87. The van der Waals surface area contributed by atoms with Gasteiger partial charge in [-0.2, -0.15) is 0 Å². The number of rotatable bonds is 3. The Morgan fingerprint density at radius 2 is 1.89 bits per heavy atom. The zero-order valence-electron chi connectivity index (χ0n) is 20.5. The lowest BCUT2D eigenvalue weighted by molar-refractivity contribution is -0.142. The number of benzene rings is 2. The van der Waals surface area contributed by atoms with E-state index in [0.29, 0.717) is 43.1 Å². The zero-order valence-corrected chi connectivity index (χ0v) is 21.3. The summed E-state index contributed by atoms with van der Waals surface area (Å²) < 4.78 is 6.33. The van der Waals surface area contributed by atoms with Gasteiger partial charge >= 0.3 is 0 Å². The van der Waals surface area contributed by atoms with E-state index in [4.69, 9.17) is 16.3 Å². The van der Waals surface area contributed by atoms with Crippen LogP contribution in [0.1, 0.15) is 24.0 Å². The number of amides is 1. The summed E-state index contributed by atoms with van der Waals surface area (Å²) in [4.78, 5) is 27.4. The van der Waals surface area contributed by atoms with Gasteiger partial charge in [0.25, 0.3) is 5.91 Å². The van der Waals surface area contributed by atoms with Crippen molar-refractivity contribution in [2.45, 2.75) is 31.0 Å². The van der Waals surface area contributed by atoms with E-state index in [9.17, 15) is 9.90 Å². The minimum absolute atomic E-state index is 0.0635. The molecule has 0 radical (unpaired) electrons. The summed E-state index contributed by atoms with van der Waals surface area (Å²) >= 11 is 6.50. The maximum atomic E-state index is 13.6. The molecule has 1 atom stereocenters. The van der Waals surface area contributed by atoms with Gasteiger partial charge in [0.05, 0.1) is 11.1 Å². The summed E-state index contributed by atoms with van der Waals surface area (Å²) in [5.74, 6) is 0.629. The van der Waals surface area contributed by atoms with Gasteiger partial charge in [-0.05, 0) is 60.4 Å². The average Bonchev–Trinajstić information content (AvgIpc) is 3.59. The number of ether oxygens (including phenoxy) is 1. The van der Waals surface area contributed by atoms with E-state index in [1.54, 1.807) is 12.4 Å². The number of likely N-dealkylation sites (tertiary alicyclic amines) is 1. The molecule has 2 aromatic carbocycles. The predicted octanol–water partition coefficient (Wildman–Crippen LogP) is 5.25. The minimum atomic E-state index is -1.01. The second-order valence-corrected chi connectivity index (χ2v) is 10.5. The number of piperidine rings is 1. The number of pyridine rings is 2. The summed E-state index contributed by atoms with van der Waals surface area (Å²) in [7, 11) is 0. The molecule has 5 heterocycles. The highest BCUT2D eigenvalue weighted by molar-refractivity contribution is 6.31. The van der Waals surface area contributed by atoms with Crippen molar-refractivity contribution in [3.63, 3.8) is 0 Å². The van der Waals surface area contributed by atoms with E-state index in [-0.39, 0.29) is 5.91 Å². The number of fused-ring (bicyclic) bond motifs is 3. The van der Waals surface area contributed by atoms with E-state index in [2.05, 4.69) is 15.0 Å². The number of aliphatic hydroxyl groups is 1. The molecule has 0 saturated carbocycles. The third-order valence-corrected chi connectivity index (χ3v) is 8.09. The van der Waals surface area contributed by atoms with Crippen molar-refractivity contribution in [2.75, 3.05) is 13.1 Å². The van der Waals surface area contributed by atoms with Gasteiger partial charge in [-0.25, -0.2) is 4.98 Å². The average molecular weight is 525 g/mol. The monoisotopic (exact) mass is 524 g/mol. The SMILES string of the molecule is O=C([C@@H]1Cc2cc(Cl)cc(-c3ccnc4[nH]ccc34)c2O1)N1CCC(O)(c2cccc3ncccc23)CC1. The molecule has 0 bridgehead atoms. The van der Waals surface area contributed by atoms with Crippen LogP contribution in [-0.2, 0) is 16.8 Å². The van der Waals surface area contributed by atoms with Gasteiger partial charge in [-0.3, -0.25) is 9.78 Å². The van der Waals surface area contributed by atoms with Crippen molar-refractivity contribution in [3.05, 3.63) is 89.3 Å². The molecule has 0 spiro atoms. The lowest BCUT2D eigenvalue weighted by atomic mass is 9.82. The molecule has 0 aliphatic carbocycles. The summed E-state index contributed by atoms with van der Waals surface area (Å²) in [5, 5.41) is 14.1. The van der Waals surface area contributed by atoms with E-state index in [0.717, 1.165) is 44.2 Å². The molecule has 8 heteroatoms. The lowest BCUT2D eigenvalue weighted by Gasteiger charge is -2.39.